The molecule has 2 aromatic rings. The van der Waals surface area contributed by atoms with Crippen LogP contribution in [0.3, 0.4) is 0 Å². The monoisotopic (exact) mass is 385 g/mol. The maximum atomic E-state index is 13.6. The number of hydrogen-bond donors (Lipinski definition) is 1. The summed E-state index contributed by atoms with van der Waals surface area (Å²) in [6.45, 7) is 3.07. The van der Waals surface area contributed by atoms with Crippen molar-refractivity contribution in [2.24, 2.45) is 5.92 Å². The molecule has 1 amide bonds. The highest BCUT2D eigenvalue weighted by atomic mass is 19.1. The van der Waals surface area contributed by atoms with Crippen LogP contribution in [0.1, 0.15) is 36.8 Å². The lowest BCUT2D eigenvalue weighted by Crippen LogP contribution is -2.35. The Morgan fingerprint density at radius 1 is 1.29 bits per heavy atom. The van der Waals surface area contributed by atoms with E-state index in [4.69, 9.17) is 4.74 Å². The molecule has 1 aromatic heterocycles. The number of benzene rings is 1. The van der Waals surface area contributed by atoms with Crippen molar-refractivity contribution in [1.29, 1.82) is 0 Å². The van der Waals surface area contributed by atoms with E-state index in [-0.39, 0.29) is 18.3 Å². The number of piperidine rings is 1. The molecular formula is C22H28FN3O2. The summed E-state index contributed by atoms with van der Waals surface area (Å²) >= 11 is 0. The van der Waals surface area contributed by atoms with Crippen LogP contribution >= 0.6 is 0 Å². The molecule has 1 saturated heterocycles. The highest BCUT2D eigenvalue weighted by Gasteiger charge is 2.21. The molecule has 150 valence electrons. The van der Waals surface area contributed by atoms with E-state index in [9.17, 15) is 9.18 Å². The van der Waals surface area contributed by atoms with Gasteiger partial charge in [0, 0.05) is 43.4 Å². The van der Waals surface area contributed by atoms with Gasteiger partial charge in [-0.15, -0.1) is 0 Å². The number of nitrogens with one attached hydrogen (secondary N) is 1. The number of carbonyl (C=O) groups excluding carboxylic acids is 1. The lowest BCUT2D eigenvalue weighted by Gasteiger charge is -2.32. The van der Waals surface area contributed by atoms with Crippen LogP contribution in [0.4, 0.5) is 4.39 Å². The van der Waals surface area contributed by atoms with E-state index in [0.29, 0.717) is 23.8 Å². The number of amides is 1. The Labute approximate surface area is 165 Å². The first-order valence-corrected chi connectivity index (χ1v) is 9.86. The van der Waals surface area contributed by atoms with Crippen LogP contribution in [0, 0.1) is 11.7 Å². The van der Waals surface area contributed by atoms with Gasteiger partial charge in [-0.05, 0) is 43.9 Å². The van der Waals surface area contributed by atoms with Gasteiger partial charge in [0.25, 0.3) is 0 Å². The zero-order chi connectivity index (χ0) is 19.8. The molecule has 1 aromatic carbocycles. The number of carbonyl (C=O) groups is 1. The Balaban J connectivity index is 1.43. The maximum Gasteiger partial charge on any atom is 0.220 e. The van der Waals surface area contributed by atoms with E-state index in [1.807, 2.05) is 12.1 Å². The first-order chi connectivity index (χ1) is 13.7. The van der Waals surface area contributed by atoms with E-state index in [0.717, 1.165) is 44.5 Å². The summed E-state index contributed by atoms with van der Waals surface area (Å²) in [6, 6.07) is 10.5. The quantitative estimate of drug-likeness (QED) is 0.755. The maximum absolute atomic E-state index is 13.6. The van der Waals surface area contributed by atoms with Gasteiger partial charge in [-0.1, -0.05) is 24.3 Å². The number of likely N-dealkylation sites (tertiary alicyclic amines) is 1. The molecule has 0 radical (unpaired) electrons. The highest BCUT2D eigenvalue weighted by Crippen LogP contribution is 2.24. The lowest BCUT2D eigenvalue weighted by atomic mass is 9.93. The van der Waals surface area contributed by atoms with Crippen LogP contribution in [0.25, 0.3) is 0 Å². The Bertz CT molecular complexity index is 784. The molecule has 1 aliphatic rings. The minimum Gasteiger partial charge on any atom is -0.481 e. The molecule has 0 aliphatic carbocycles. The second-order valence-electron chi connectivity index (χ2n) is 7.32. The van der Waals surface area contributed by atoms with Gasteiger partial charge < -0.3 is 10.1 Å². The molecule has 1 fully saturated rings. The van der Waals surface area contributed by atoms with Crippen LogP contribution in [-0.4, -0.2) is 36.0 Å². The molecule has 0 bridgehead atoms. The van der Waals surface area contributed by atoms with Gasteiger partial charge in [-0.25, -0.2) is 9.37 Å². The SMILES string of the molecule is COc1ncccc1CN1CCC[C@H](CCC(=O)NCc2ccccc2F)C1. The van der Waals surface area contributed by atoms with Crippen molar-refractivity contribution in [2.75, 3.05) is 20.2 Å². The largest absolute Gasteiger partial charge is 0.481 e. The Kier molecular flexibility index (Phi) is 7.37. The standard InChI is InChI=1S/C22H28FN3O2/c1-28-22-19(8-4-12-24-22)16-26-13-5-6-17(15-26)10-11-21(27)25-14-18-7-2-3-9-20(18)23/h2-4,7-9,12,17H,5-6,10-11,13-16H2,1H3,(H,25,27)/t17-/m1/s1. The number of methoxy groups -OCH3 is 1. The van der Waals surface area contributed by atoms with Crippen molar-refractivity contribution in [3.63, 3.8) is 0 Å². The summed E-state index contributed by atoms with van der Waals surface area (Å²) in [4.78, 5) is 18.8. The predicted molar refractivity (Wildman–Crippen MR) is 106 cm³/mol. The van der Waals surface area contributed by atoms with Gasteiger partial charge in [-0.2, -0.15) is 0 Å². The van der Waals surface area contributed by atoms with E-state index >= 15 is 0 Å². The molecular weight excluding hydrogens is 357 g/mol. The Morgan fingerprint density at radius 3 is 2.93 bits per heavy atom. The van der Waals surface area contributed by atoms with Crippen molar-refractivity contribution >= 4 is 5.91 Å². The summed E-state index contributed by atoms with van der Waals surface area (Å²) in [7, 11) is 1.64. The molecule has 0 saturated carbocycles. The summed E-state index contributed by atoms with van der Waals surface area (Å²) < 4.78 is 19.0. The first-order valence-electron chi connectivity index (χ1n) is 9.86. The van der Waals surface area contributed by atoms with E-state index in [1.165, 1.54) is 6.07 Å². The fourth-order valence-corrected chi connectivity index (χ4v) is 3.76. The molecule has 3 rings (SSSR count). The van der Waals surface area contributed by atoms with Crippen molar-refractivity contribution in [2.45, 2.75) is 38.8 Å². The van der Waals surface area contributed by atoms with Crippen molar-refractivity contribution in [3.05, 3.63) is 59.5 Å². The van der Waals surface area contributed by atoms with Gasteiger partial charge in [0.2, 0.25) is 11.8 Å². The highest BCUT2D eigenvalue weighted by molar-refractivity contribution is 5.75. The van der Waals surface area contributed by atoms with Crippen LogP contribution in [0.2, 0.25) is 0 Å². The zero-order valence-corrected chi connectivity index (χ0v) is 16.4. The zero-order valence-electron chi connectivity index (χ0n) is 16.4. The van der Waals surface area contributed by atoms with Crippen LogP contribution in [0.5, 0.6) is 5.88 Å². The van der Waals surface area contributed by atoms with Crippen molar-refractivity contribution in [3.8, 4) is 5.88 Å². The van der Waals surface area contributed by atoms with Gasteiger partial charge in [0.1, 0.15) is 5.82 Å². The number of ether oxygens (including phenoxy) is 1. The summed E-state index contributed by atoms with van der Waals surface area (Å²) in [5.74, 6) is 0.874. The number of hydrogen-bond acceptors (Lipinski definition) is 4. The summed E-state index contributed by atoms with van der Waals surface area (Å²) in [5.41, 5.74) is 1.61. The average Bonchev–Trinajstić information content (AvgIpc) is 2.72. The van der Waals surface area contributed by atoms with Crippen molar-refractivity contribution in [1.82, 2.24) is 15.2 Å². The summed E-state index contributed by atoms with van der Waals surface area (Å²) in [6.07, 6.45) is 5.33. The minimum atomic E-state index is -0.281. The molecule has 6 heteroatoms. The van der Waals surface area contributed by atoms with Gasteiger partial charge >= 0.3 is 0 Å². The van der Waals surface area contributed by atoms with E-state index in [2.05, 4.69) is 15.2 Å². The van der Waals surface area contributed by atoms with E-state index < -0.39 is 0 Å². The third-order valence-corrected chi connectivity index (χ3v) is 5.25. The second kappa shape index (κ2) is 10.2. The van der Waals surface area contributed by atoms with Gasteiger partial charge in [0.05, 0.1) is 7.11 Å². The molecule has 1 atom stereocenters. The fourth-order valence-electron chi connectivity index (χ4n) is 3.76. The molecule has 2 heterocycles. The third kappa shape index (κ3) is 5.76. The van der Waals surface area contributed by atoms with Gasteiger partial charge in [-0.3, -0.25) is 9.69 Å². The molecule has 1 N–H and O–H groups in total. The molecule has 28 heavy (non-hydrogen) atoms. The molecule has 0 spiro atoms. The third-order valence-electron chi connectivity index (χ3n) is 5.25. The molecule has 0 unspecified atom stereocenters. The second-order valence-corrected chi connectivity index (χ2v) is 7.32. The van der Waals surface area contributed by atoms with Crippen molar-refractivity contribution < 1.29 is 13.9 Å². The topological polar surface area (TPSA) is 54.5 Å². The lowest BCUT2D eigenvalue weighted by molar-refractivity contribution is -0.121. The predicted octanol–water partition coefficient (Wildman–Crippen LogP) is 3.54. The first kappa shape index (κ1) is 20.3. The number of pyridine rings is 1. The smallest absolute Gasteiger partial charge is 0.220 e. The number of nitrogens with zero attached hydrogens (tertiary/aromatic N) is 2. The molecule has 1 aliphatic heterocycles. The molecule has 5 nitrogen and oxygen atoms in total. The van der Waals surface area contributed by atoms with Crippen LogP contribution in [-0.2, 0) is 17.9 Å². The number of halogens is 1. The Hall–Kier alpha value is -2.47. The van der Waals surface area contributed by atoms with Crippen LogP contribution < -0.4 is 10.1 Å². The number of rotatable bonds is 8. The average molecular weight is 385 g/mol. The summed E-state index contributed by atoms with van der Waals surface area (Å²) in [5, 5.41) is 2.83. The minimum absolute atomic E-state index is 0.0192. The van der Waals surface area contributed by atoms with Crippen LogP contribution in [0.15, 0.2) is 42.6 Å². The van der Waals surface area contributed by atoms with Gasteiger partial charge in [0.15, 0.2) is 0 Å². The Morgan fingerprint density at radius 2 is 2.11 bits per heavy atom. The normalized spacial score (nSPS) is 17.3. The fraction of sp³-hybridized carbons (Fsp3) is 0.455. The number of aromatic nitrogens is 1. The van der Waals surface area contributed by atoms with E-state index in [1.54, 1.807) is 31.5 Å².